The second-order valence-corrected chi connectivity index (χ2v) is 7.72. The van der Waals surface area contributed by atoms with Gasteiger partial charge in [0.2, 0.25) is 0 Å². The van der Waals surface area contributed by atoms with Crippen LogP contribution >= 0.6 is 7.41 Å². The Balaban J connectivity index is 2.24. The van der Waals surface area contributed by atoms with E-state index < -0.39 is 7.41 Å². The number of rotatable bonds is 3. The molecule has 0 heterocycles. The maximum absolute atomic E-state index is 6.97. The van der Waals surface area contributed by atoms with Crippen molar-refractivity contribution in [1.29, 1.82) is 0 Å². The molecule has 0 fully saturated rings. The smallest absolute Gasteiger partial charge is 0.175 e. The third-order valence-electron chi connectivity index (χ3n) is 3.49. The Hall–Kier alpha value is -1.95. The van der Waals surface area contributed by atoms with E-state index >= 15 is 0 Å². The van der Waals surface area contributed by atoms with E-state index in [1.54, 1.807) is 0 Å². The summed E-state index contributed by atoms with van der Waals surface area (Å²) in [4.78, 5) is 0. The van der Waals surface area contributed by atoms with Crippen molar-refractivity contribution in [3.63, 3.8) is 0 Å². The van der Waals surface area contributed by atoms with Crippen LogP contribution in [0.3, 0.4) is 0 Å². The monoisotopic (exact) mass is 278 g/mol. The molecule has 1 nitrogen and oxygen atoms in total. The van der Waals surface area contributed by atoms with Gasteiger partial charge in [0, 0.05) is 0 Å². The lowest BCUT2D eigenvalue weighted by Crippen LogP contribution is -2.36. The second-order valence-electron chi connectivity index (χ2n) is 4.73. The van der Waals surface area contributed by atoms with Crippen molar-refractivity contribution in [2.45, 2.75) is 0 Å². The predicted octanol–water partition coefficient (Wildman–Crippen LogP) is 2.85. The molecule has 0 bridgehead atoms. The predicted molar refractivity (Wildman–Crippen MR) is 89.3 cm³/mol. The molecule has 0 atom stereocenters. The highest BCUT2D eigenvalue weighted by Crippen LogP contribution is 2.46. The zero-order valence-electron chi connectivity index (χ0n) is 11.2. The summed E-state index contributed by atoms with van der Waals surface area (Å²) >= 11 is 0. The Morgan fingerprint density at radius 2 is 0.700 bits per heavy atom. The lowest BCUT2D eigenvalue weighted by atomic mass is 10.4. The Morgan fingerprint density at radius 3 is 0.950 bits per heavy atom. The Morgan fingerprint density at radius 1 is 0.450 bits per heavy atom. The summed E-state index contributed by atoms with van der Waals surface area (Å²) in [5.41, 5.74) is 6.97. The van der Waals surface area contributed by atoms with E-state index in [4.69, 9.17) is 5.50 Å². The van der Waals surface area contributed by atoms with Crippen LogP contribution in [0.2, 0.25) is 0 Å². The molecule has 0 aromatic heterocycles. The van der Waals surface area contributed by atoms with Crippen molar-refractivity contribution < 1.29 is 0 Å². The Kier molecular flexibility index (Phi) is 3.64. The molecule has 0 radical (unpaired) electrons. The fourth-order valence-corrected chi connectivity index (χ4v) is 5.26. The summed E-state index contributed by atoms with van der Waals surface area (Å²) in [5, 5.41) is 3.62. The van der Waals surface area contributed by atoms with Crippen LogP contribution in [0.25, 0.3) is 0 Å². The molecule has 0 aliphatic heterocycles. The standard InChI is InChI=1S/C18H17NP/c19-20(16-10-4-1-5-11-16,17-12-6-2-7-13-17)18-14-8-3-9-15-18/h1-15H,19H2/q+1. The molecule has 98 valence electrons. The van der Waals surface area contributed by atoms with E-state index in [1.165, 1.54) is 15.9 Å². The van der Waals surface area contributed by atoms with E-state index in [0.29, 0.717) is 0 Å². The molecule has 0 saturated heterocycles. The number of hydrogen-bond donors (Lipinski definition) is 1. The Bertz CT molecular complexity index is 569. The van der Waals surface area contributed by atoms with E-state index in [-0.39, 0.29) is 0 Å². The molecule has 0 unspecified atom stereocenters. The molecule has 3 rings (SSSR count). The fraction of sp³-hybridized carbons (Fsp3) is 0. The van der Waals surface area contributed by atoms with Crippen molar-refractivity contribution in [3.05, 3.63) is 91.0 Å². The van der Waals surface area contributed by atoms with Crippen molar-refractivity contribution in [2.75, 3.05) is 0 Å². The van der Waals surface area contributed by atoms with Crippen LogP contribution in [0.4, 0.5) is 0 Å². The number of nitrogens with two attached hydrogens (primary N) is 1. The third-order valence-corrected chi connectivity index (χ3v) is 6.83. The highest BCUT2D eigenvalue weighted by atomic mass is 31.2. The molecule has 20 heavy (non-hydrogen) atoms. The van der Waals surface area contributed by atoms with E-state index in [2.05, 4.69) is 72.8 Å². The summed E-state index contributed by atoms with van der Waals surface area (Å²) in [6.07, 6.45) is 0. The van der Waals surface area contributed by atoms with Crippen LogP contribution < -0.4 is 21.4 Å². The second kappa shape index (κ2) is 5.58. The van der Waals surface area contributed by atoms with Gasteiger partial charge in [-0.15, -0.1) is 0 Å². The van der Waals surface area contributed by atoms with Crippen LogP contribution in [0, 0.1) is 0 Å². The number of hydrogen-bond acceptors (Lipinski definition) is 1. The minimum atomic E-state index is -2.03. The average molecular weight is 278 g/mol. The van der Waals surface area contributed by atoms with Crippen molar-refractivity contribution >= 4 is 23.3 Å². The summed E-state index contributed by atoms with van der Waals surface area (Å²) in [7, 11) is -2.03. The van der Waals surface area contributed by atoms with Gasteiger partial charge in [-0.1, -0.05) is 54.6 Å². The number of benzene rings is 3. The maximum atomic E-state index is 6.97. The van der Waals surface area contributed by atoms with Gasteiger partial charge in [0.25, 0.3) is 0 Å². The van der Waals surface area contributed by atoms with E-state index in [9.17, 15) is 0 Å². The lowest BCUT2D eigenvalue weighted by molar-refractivity contribution is 1.69. The van der Waals surface area contributed by atoms with Gasteiger partial charge in [-0.05, 0) is 36.4 Å². The van der Waals surface area contributed by atoms with Crippen LogP contribution in [-0.2, 0) is 0 Å². The van der Waals surface area contributed by atoms with Crippen molar-refractivity contribution in [1.82, 2.24) is 0 Å². The fourth-order valence-electron chi connectivity index (χ4n) is 2.44. The first-order valence-electron chi connectivity index (χ1n) is 6.66. The van der Waals surface area contributed by atoms with Gasteiger partial charge < -0.3 is 0 Å². The van der Waals surface area contributed by atoms with Gasteiger partial charge in [0.15, 0.2) is 7.41 Å². The topological polar surface area (TPSA) is 26.0 Å². The quantitative estimate of drug-likeness (QED) is 0.733. The van der Waals surface area contributed by atoms with Crippen LogP contribution in [0.5, 0.6) is 0 Å². The molecule has 3 aromatic carbocycles. The summed E-state index contributed by atoms with van der Waals surface area (Å²) in [6.45, 7) is 0. The van der Waals surface area contributed by atoms with Crippen LogP contribution in [0.1, 0.15) is 0 Å². The van der Waals surface area contributed by atoms with Gasteiger partial charge in [-0.25, -0.2) is 0 Å². The highest BCUT2D eigenvalue weighted by molar-refractivity contribution is 7.93. The van der Waals surface area contributed by atoms with E-state index in [1.807, 2.05) is 18.2 Å². The first kappa shape index (κ1) is 13.1. The first-order valence-corrected chi connectivity index (χ1v) is 8.52. The Labute approximate surface area is 120 Å². The summed E-state index contributed by atoms with van der Waals surface area (Å²) in [6, 6.07) is 31.2. The SMILES string of the molecule is N[P+](c1ccccc1)(c1ccccc1)c1ccccc1. The summed E-state index contributed by atoms with van der Waals surface area (Å²) in [5.74, 6) is 0. The maximum Gasteiger partial charge on any atom is 0.175 e. The molecule has 0 aliphatic carbocycles. The van der Waals surface area contributed by atoms with Gasteiger partial charge in [-0.3, -0.25) is 0 Å². The molecule has 0 aliphatic rings. The summed E-state index contributed by atoms with van der Waals surface area (Å²) < 4.78 is 0. The molecule has 0 spiro atoms. The zero-order chi connectivity index (χ0) is 13.8. The lowest BCUT2D eigenvalue weighted by Gasteiger charge is -2.21. The van der Waals surface area contributed by atoms with Gasteiger partial charge in [0.1, 0.15) is 15.9 Å². The molecular formula is C18H17NP+. The minimum absolute atomic E-state index is 1.21. The van der Waals surface area contributed by atoms with Gasteiger partial charge >= 0.3 is 0 Å². The average Bonchev–Trinajstić information content (AvgIpc) is 2.56. The molecular weight excluding hydrogens is 261 g/mol. The van der Waals surface area contributed by atoms with Crippen molar-refractivity contribution in [2.24, 2.45) is 5.50 Å². The normalized spacial score (nSPS) is 11.2. The largest absolute Gasteiger partial charge is 0.191 e. The molecule has 2 N–H and O–H groups in total. The third kappa shape index (κ3) is 2.27. The molecule has 0 amide bonds. The van der Waals surface area contributed by atoms with E-state index in [0.717, 1.165) is 0 Å². The van der Waals surface area contributed by atoms with Gasteiger partial charge in [-0.2, -0.15) is 5.50 Å². The molecule has 0 saturated carbocycles. The van der Waals surface area contributed by atoms with Gasteiger partial charge in [0.05, 0.1) is 0 Å². The minimum Gasteiger partial charge on any atom is -0.191 e. The highest BCUT2D eigenvalue weighted by Gasteiger charge is 2.41. The van der Waals surface area contributed by atoms with Crippen LogP contribution in [0.15, 0.2) is 91.0 Å². The zero-order valence-corrected chi connectivity index (χ0v) is 12.1. The first-order chi connectivity index (χ1) is 9.82. The molecule has 3 aromatic rings. The van der Waals surface area contributed by atoms with Crippen LogP contribution in [-0.4, -0.2) is 0 Å². The molecule has 2 heteroatoms. The van der Waals surface area contributed by atoms with Crippen molar-refractivity contribution in [3.8, 4) is 0 Å².